The number of thiophene rings is 1. The molecular weight excluding hydrogens is 306 g/mol. The van der Waals surface area contributed by atoms with Crippen molar-refractivity contribution >= 4 is 34.0 Å². The van der Waals surface area contributed by atoms with E-state index in [-0.39, 0.29) is 5.91 Å². The minimum atomic E-state index is -0.474. The summed E-state index contributed by atoms with van der Waals surface area (Å²) in [5.41, 5.74) is 3.55. The van der Waals surface area contributed by atoms with Crippen LogP contribution in [0.2, 0.25) is 0 Å². The number of aromatic amines is 1. The van der Waals surface area contributed by atoms with E-state index in [4.69, 9.17) is 4.98 Å². The Bertz CT molecular complexity index is 893. The Morgan fingerprint density at radius 1 is 1.35 bits per heavy atom. The molecule has 4 nitrogen and oxygen atoms in total. The SMILES string of the molecule is CCN1C(=O)C(C)(C)c2cc3[nH]c(Cc4cccs4)nc3cc21. The van der Waals surface area contributed by atoms with Gasteiger partial charge in [0, 0.05) is 17.8 Å². The van der Waals surface area contributed by atoms with Gasteiger partial charge in [0.15, 0.2) is 0 Å². The third kappa shape index (κ3) is 2.10. The lowest BCUT2D eigenvalue weighted by Gasteiger charge is -2.18. The predicted molar refractivity (Wildman–Crippen MR) is 94.3 cm³/mol. The maximum atomic E-state index is 12.6. The van der Waals surface area contributed by atoms with Crippen LogP contribution in [0.3, 0.4) is 0 Å². The smallest absolute Gasteiger partial charge is 0.237 e. The number of hydrogen-bond acceptors (Lipinski definition) is 3. The molecule has 0 aliphatic carbocycles. The number of H-pyrrole nitrogens is 1. The number of nitrogens with zero attached hydrogens (tertiary/aromatic N) is 2. The molecule has 23 heavy (non-hydrogen) atoms. The number of aromatic nitrogens is 2. The van der Waals surface area contributed by atoms with E-state index in [1.54, 1.807) is 11.3 Å². The summed E-state index contributed by atoms with van der Waals surface area (Å²) in [5, 5.41) is 2.08. The van der Waals surface area contributed by atoms with E-state index in [0.717, 1.165) is 34.5 Å². The standard InChI is InChI=1S/C18H19N3OS/c1-4-21-15-10-14-13(9-12(15)18(2,3)17(21)22)19-16(20-14)8-11-6-5-7-23-11/h5-7,9-10H,4,8H2,1-3H3,(H,19,20). The molecule has 0 spiro atoms. The molecule has 0 saturated heterocycles. The molecule has 1 aromatic carbocycles. The van der Waals surface area contributed by atoms with Crippen molar-refractivity contribution < 1.29 is 4.79 Å². The van der Waals surface area contributed by atoms with Gasteiger partial charge in [-0.15, -0.1) is 11.3 Å². The van der Waals surface area contributed by atoms with E-state index in [0.29, 0.717) is 6.54 Å². The number of fused-ring (bicyclic) bond motifs is 2. The van der Waals surface area contributed by atoms with Crippen LogP contribution >= 0.6 is 11.3 Å². The molecule has 2 aromatic heterocycles. The van der Waals surface area contributed by atoms with Gasteiger partial charge in [-0.25, -0.2) is 4.98 Å². The fourth-order valence-corrected chi connectivity index (χ4v) is 4.07. The number of imidazole rings is 1. The van der Waals surface area contributed by atoms with Gasteiger partial charge >= 0.3 is 0 Å². The Morgan fingerprint density at radius 3 is 2.87 bits per heavy atom. The van der Waals surface area contributed by atoms with Crippen LogP contribution in [0.4, 0.5) is 5.69 Å². The number of rotatable bonds is 3. The number of hydrogen-bond donors (Lipinski definition) is 1. The van der Waals surface area contributed by atoms with Gasteiger partial charge in [0.25, 0.3) is 0 Å². The second-order valence-electron chi connectivity index (χ2n) is 6.50. The van der Waals surface area contributed by atoms with Crippen molar-refractivity contribution in [3.05, 3.63) is 45.9 Å². The highest BCUT2D eigenvalue weighted by atomic mass is 32.1. The van der Waals surface area contributed by atoms with E-state index >= 15 is 0 Å². The van der Waals surface area contributed by atoms with Crippen LogP contribution in [0.5, 0.6) is 0 Å². The molecule has 3 aromatic rings. The largest absolute Gasteiger partial charge is 0.342 e. The average molecular weight is 325 g/mol. The van der Waals surface area contributed by atoms with Gasteiger partial charge in [-0.05, 0) is 49.9 Å². The zero-order valence-corrected chi connectivity index (χ0v) is 14.3. The lowest BCUT2D eigenvalue weighted by atomic mass is 9.86. The Hall–Kier alpha value is -2.14. The summed E-state index contributed by atoms with van der Waals surface area (Å²) in [6.07, 6.45) is 0.816. The van der Waals surface area contributed by atoms with Gasteiger partial charge in [-0.2, -0.15) is 0 Å². The minimum absolute atomic E-state index is 0.168. The van der Waals surface area contributed by atoms with Crippen molar-refractivity contribution in [3.8, 4) is 0 Å². The van der Waals surface area contributed by atoms with Gasteiger partial charge in [0.05, 0.1) is 22.1 Å². The quantitative estimate of drug-likeness (QED) is 0.795. The van der Waals surface area contributed by atoms with Crippen LogP contribution in [0.1, 0.15) is 37.0 Å². The van der Waals surface area contributed by atoms with Crippen molar-refractivity contribution in [1.82, 2.24) is 9.97 Å². The van der Waals surface area contributed by atoms with Crippen molar-refractivity contribution in [2.75, 3.05) is 11.4 Å². The van der Waals surface area contributed by atoms with Gasteiger partial charge in [0.1, 0.15) is 5.82 Å². The number of amides is 1. The maximum Gasteiger partial charge on any atom is 0.237 e. The van der Waals surface area contributed by atoms with Gasteiger partial charge < -0.3 is 9.88 Å². The third-order valence-electron chi connectivity index (χ3n) is 4.63. The highest BCUT2D eigenvalue weighted by Gasteiger charge is 2.43. The maximum absolute atomic E-state index is 12.6. The number of carbonyl (C=O) groups excluding carboxylic acids is 1. The van der Waals surface area contributed by atoms with E-state index < -0.39 is 5.41 Å². The molecule has 0 radical (unpaired) electrons. The Balaban J connectivity index is 1.81. The molecule has 118 valence electrons. The van der Waals surface area contributed by atoms with E-state index in [2.05, 4.69) is 34.6 Å². The average Bonchev–Trinajstić information content (AvgIpc) is 3.19. The first-order chi connectivity index (χ1) is 11.0. The Morgan fingerprint density at radius 2 is 2.17 bits per heavy atom. The number of anilines is 1. The van der Waals surface area contributed by atoms with Crippen LogP contribution in [0.25, 0.3) is 11.0 Å². The van der Waals surface area contributed by atoms with Crippen LogP contribution < -0.4 is 4.90 Å². The van der Waals surface area contributed by atoms with Crippen molar-refractivity contribution in [2.45, 2.75) is 32.6 Å². The normalized spacial score (nSPS) is 16.3. The first kappa shape index (κ1) is 14.5. The van der Waals surface area contributed by atoms with Crippen molar-refractivity contribution in [2.24, 2.45) is 0 Å². The summed E-state index contributed by atoms with van der Waals surface area (Å²) in [6.45, 7) is 6.70. The topological polar surface area (TPSA) is 49.0 Å². The van der Waals surface area contributed by atoms with Crippen molar-refractivity contribution in [1.29, 1.82) is 0 Å². The molecule has 4 rings (SSSR count). The molecule has 0 unspecified atom stereocenters. The van der Waals surface area contributed by atoms with Crippen LogP contribution in [-0.4, -0.2) is 22.4 Å². The fourth-order valence-electron chi connectivity index (χ4n) is 3.36. The number of likely N-dealkylation sites (N-methyl/N-ethyl adjacent to an activating group) is 1. The molecular formula is C18H19N3OS. The summed E-state index contributed by atoms with van der Waals surface area (Å²) in [6, 6.07) is 8.33. The molecule has 0 saturated carbocycles. The first-order valence-corrected chi connectivity index (χ1v) is 8.76. The van der Waals surface area contributed by atoms with Crippen LogP contribution in [0, 0.1) is 0 Å². The summed E-state index contributed by atoms with van der Waals surface area (Å²) in [7, 11) is 0. The van der Waals surface area contributed by atoms with E-state index in [1.807, 2.05) is 25.7 Å². The monoisotopic (exact) mass is 325 g/mol. The number of nitrogens with one attached hydrogen (secondary N) is 1. The van der Waals surface area contributed by atoms with Crippen molar-refractivity contribution in [3.63, 3.8) is 0 Å². The summed E-state index contributed by atoms with van der Waals surface area (Å²) in [5.74, 6) is 1.14. The Kier molecular flexibility index (Phi) is 3.10. The molecule has 0 atom stereocenters. The summed E-state index contributed by atoms with van der Waals surface area (Å²) < 4.78 is 0. The molecule has 5 heteroatoms. The van der Waals surface area contributed by atoms with E-state index in [9.17, 15) is 4.79 Å². The third-order valence-corrected chi connectivity index (χ3v) is 5.51. The molecule has 1 amide bonds. The van der Waals surface area contributed by atoms with Gasteiger partial charge in [-0.3, -0.25) is 4.79 Å². The van der Waals surface area contributed by atoms with Gasteiger partial charge in [-0.1, -0.05) is 6.07 Å². The van der Waals surface area contributed by atoms with E-state index in [1.165, 1.54) is 4.88 Å². The number of benzene rings is 1. The second kappa shape index (κ2) is 4.93. The summed E-state index contributed by atoms with van der Waals surface area (Å²) in [4.78, 5) is 23.9. The predicted octanol–water partition coefficient (Wildman–Crippen LogP) is 3.86. The van der Waals surface area contributed by atoms with Crippen LogP contribution in [0.15, 0.2) is 29.6 Å². The first-order valence-electron chi connectivity index (χ1n) is 7.88. The Labute approximate surface area is 139 Å². The van der Waals surface area contributed by atoms with Gasteiger partial charge in [0.2, 0.25) is 5.91 Å². The number of carbonyl (C=O) groups is 1. The zero-order valence-electron chi connectivity index (χ0n) is 13.5. The molecule has 0 fully saturated rings. The molecule has 1 N–H and O–H groups in total. The molecule has 3 heterocycles. The molecule has 1 aliphatic rings. The lowest BCUT2D eigenvalue weighted by molar-refractivity contribution is -0.122. The summed E-state index contributed by atoms with van der Waals surface area (Å²) >= 11 is 1.74. The minimum Gasteiger partial charge on any atom is -0.342 e. The fraction of sp³-hybridized carbons (Fsp3) is 0.333. The highest BCUT2D eigenvalue weighted by Crippen LogP contribution is 2.43. The lowest BCUT2D eigenvalue weighted by Crippen LogP contribution is -2.35. The highest BCUT2D eigenvalue weighted by molar-refractivity contribution is 7.09. The molecule has 0 bridgehead atoms. The zero-order chi connectivity index (χ0) is 16.2. The molecule has 1 aliphatic heterocycles. The second-order valence-corrected chi connectivity index (χ2v) is 7.53. The van der Waals surface area contributed by atoms with Crippen LogP contribution in [-0.2, 0) is 16.6 Å².